The second kappa shape index (κ2) is 6.70. The van der Waals surface area contributed by atoms with Crippen molar-refractivity contribution in [2.75, 3.05) is 30.3 Å². The van der Waals surface area contributed by atoms with Crippen LogP contribution >= 0.6 is 11.8 Å². The number of rotatable bonds is 7. The van der Waals surface area contributed by atoms with Crippen LogP contribution in [0.15, 0.2) is 0 Å². The molecule has 0 unspecified atom stereocenters. The highest BCUT2D eigenvalue weighted by Gasteiger charge is 2.29. The second-order valence-electron chi connectivity index (χ2n) is 3.88. The summed E-state index contributed by atoms with van der Waals surface area (Å²) in [6.07, 6.45) is 0. The standard InChI is InChI=1S/C9H12N2O7S2/c12-6(4-20(17,18)5-8(14)15)10-1-2-11-7(13)3-19-9(11)16/h1-5H2,(H,10,12)(H,14,15). The predicted octanol–water partition coefficient (Wildman–Crippen LogP) is -1.70. The van der Waals surface area contributed by atoms with Crippen LogP contribution in [0.4, 0.5) is 4.79 Å². The van der Waals surface area contributed by atoms with E-state index in [1.807, 2.05) is 0 Å². The van der Waals surface area contributed by atoms with Crippen molar-refractivity contribution in [1.82, 2.24) is 10.2 Å². The molecule has 1 fully saturated rings. The van der Waals surface area contributed by atoms with Gasteiger partial charge < -0.3 is 10.4 Å². The van der Waals surface area contributed by atoms with Gasteiger partial charge >= 0.3 is 5.97 Å². The molecule has 0 aliphatic carbocycles. The zero-order valence-corrected chi connectivity index (χ0v) is 11.8. The Hall–Kier alpha value is -1.62. The van der Waals surface area contributed by atoms with Gasteiger partial charge in [0.25, 0.3) is 5.24 Å². The van der Waals surface area contributed by atoms with Gasteiger partial charge in [-0.15, -0.1) is 0 Å². The topological polar surface area (TPSA) is 138 Å². The molecular weight excluding hydrogens is 312 g/mol. The molecule has 0 bridgehead atoms. The van der Waals surface area contributed by atoms with E-state index in [4.69, 9.17) is 5.11 Å². The number of carbonyl (C=O) groups excluding carboxylic acids is 3. The van der Waals surface area contributed by atoms with Crippen LogP contribution in [0.25, 0.3) is 0 Å². The van der Waals surface area contributed by atoms with Gasteiger partial charge in [-0.2, -0.15) is 0 Å². The molecule has 0 atom stereocenters. The summed E-state index contributed by atoms with van der Waals surface area (Å²) in [6, 6.07) is 0. The Kier molecular flexibility index (Phi) is 5.51. The number of nitrogens with zero attached hydrogens (tertiary/aromatic N) is 1. The van der Waals surface area contributed by atoms with E-state index >= 15 is 0 Å². The summed E-state index contributed by atoms with van der Waals surface area (Å²) in [5, 5.41) is 10.1. The maximum absolute atomic E-state index is 11.3. The Morgan fingerprint density at radius 2 is 1.95 bits per heavy atom. The molecule has 0 radical (unpaired) electrons. The average molecular weight is 324 g/mol. The summed E-state index contributed by atoms with van der Waals surface area (Å²) < 4.78 is 22.4. The summed E-state index contributed by atoms with van der Waals surface area (Å²) in [4.78, 5) is 44.9. The van der Waals surface area contributed by atoms with Crippen molar-refractivity contribution < 1.29 is 32.7 Å². The van der Waals surface area contributed by atoms with Gasteiger partial charge in [-0.05, 0) is 0 Å². The fourth-order valence-electron chi connectivity index (χ4n) is 1.39. The molecule has 0 saturated carbocycles. The molecular formula is C9H12N2O7S2. The van der Waals surface area contributed by atoms with E-state index in [0.29, 0.717) is 0 Å². The number of thioether (sulfide) groups is 1. The Balaban J connectivity index is 2.35. The minimum atomic E-state index is -4.01. The van der Waals surface area contributed by atoms with E-state index in [-0.39, 0.29) is 24.7 Å². The van der Waals surface area contributed by atoms with Gasteiger partial charge in [0.05, 0.1) is 5.75 Å². The van der Waals surface area contributed by atoms with Crippen molar-refractivity contribution in [3.05, 3.63) is 0 Å². The third-order valence-corrected chi connectivity index (χ3v) is 4.44. The van der Waals surface area contributed by atoms with Gasteiger partial charge in [0.15, 0.2) is 9.84 Å². The van der Waals surface area contributed by atoms with Gasteiger partial charge in [-0.3, -0.25) is 24.1 Å². The van der Waals surface area contributed by atoms with Crippen LogP contribution in [0, 0.1) is 0 Å². The maximum atomic E-state index is 11.3. The Labute approximate surface area is 118 Å². The molecule has 0 aromatic heterocycles. The third-order valence-electron chi connectivity index (χ3n) is 2.19. The number of hydrogen-bond donors (Lipinski definition) is 2. The zero-order valence-electron chi connectivity index (χ0n) is 10.2. The molecule has 0 aromatic rings. The normalized spacial score (nSPS) is 15.5. The zero-order chi connectivity index (χ0) is 15.3. The molecule has 1 rings (SSSR count). The van der Waals surface area contributed by atoms with Gasteiger partial charge in [0, 0.05) is 13.1 Å². The van der Waals surface area contributed by atoms with Crippen molar-refractivity contribution in [2.45, 2.75) is 0 Å². The van der Waals surface area contributed by atoms with Crippen molar-refractivity contribution in [3.8, 4) is 0 Å². The number of amides is 3. The van der Waals surface area contributed by atoms with Gasteiger partial charge in [0.2, 0.25) is 11.8 Å². The van der Waals surface area contributed by atoms with Gasteiger partial charge in [-0.25, -0.2) is 8.42 Å². The summed E-state index contributed by atoms with van der Waals surface area (Å²) in [6.45, 7) is -0.130. The summed E-state index contributed by atoms with van der Waals surface area (Å²) in [7, 11) is -4.01. The first kappa shape index (κ1) is 16.4. The van der Waals surface area contributed by atoms with Crippen LogP contribution < -0.4 is 5.32 Å². The maximum Gasteiger partial charge on any atom is 0.318 e. The first-order chi connectivity index (χ1) is 9.21. The number of hydrogen-bond acceptors (Lipinski definition) is 7. The fraction of sp³-hybridized carbons (Fsp3) is 0.556. The van der Waals surface area contributed by atoms with Crippen LogP contribution in [-0.2, 0) is 24.2 Å². The minimum absolute atomic E-state index is 0.0462. The summed E-state index contributed by atoms with van der Waals surface area (Å²) in [5.41, 5.74) is 0. The van der Waals surface area contributed by atoms with Crippen LogP contribution in [0.3, 0.4) is 0 Å². The number of carboxylic acid groups (broad SMARTS) is 1. The van der Waals surface area contributed by atoms with Crippen molar-refractivity contribution in [3.63, 3.8) is 0 Å². The summed E-state index contributed by atoms with van der Waals surface area (Å²) >= 11 is 0.853. The van der Waals surface area contributed by atoms with Crippen LogP contribution in [0.5, 0.6) is 0 Å². The average Bonchev–Trinajstić information content (AvgIpc) is 2.57. The smallest absolute Gasteiger partial charge is 0.318 e. The lowest BCUT2D eigenvalue weighted by atomic mass is 10.5. The Morgan fingerprint density at radius 3 is 2.45 bits per heavy atom. The van der Waals surface area contributed by atoms with Gasteiger partial charge in [0.1, 0.15) is 11.5 Å². The lowest BCUT2D eigenvalue weighted by Crippen LogP contribution is -2.39. The van der Waals surface area contributed by atoms with Crippen LogP contribution in [0.1, 0.15) is 0 Å². The van der Waals surface area contributed by atoms with Crippen LogP contribution in [0.2, 0.25) is 0 Å². The molecule has 11 heteroatoms. The lowest BCUT2D eigenvalue weighted by molar-refractivity contribution is -0.134. The molecule has 1 saturated heterocycles. The van der Waals surface area contributed by atoms with Crippen molar-refractivity contribution in [2.24, 2.45) is 0 Å². The van der Waals surface area contributed by atoms with Crippen molar-refractivity contribution in [1.29, 1.82) is 0 Å². The highest BCUT2D eigenvalue weighted by Crippen LogP contribution is 2.17. The molecule has 112 valence electrons. The predicted molar refractivity (Wildman–Crippen MR) is 68.9 cm³/mol. The molecule has 20 heavy (non-hydrogen) atoms. The molecule has 0 spiro atoms. The quantitative estimate of drug-likeness (QED) is 0.565. The molecule has 2 N–H and O–H groups in total. The van der Waals surface area contributed by atoms with E-state index in [9.17, 15) is 27.6 Å². The van der Waals surface area contributed by atoms with Crippen molar-refractivity contribution >= 4 is 44.6 Å². The number of carboxylic acids is 1. The molecule has 9 nitrogen and oxygen atoms in total. The highest BCUT2D eigenvalue weighted by atomic mass is 32.2. The molecule has 0 aromatic carbocycles. The number of aliphatic carboxylic acids is 1. The van der Waals surface area contributed by atoms with E-state index in [1.54, 1.807) is 0 Å². The van der Waals surface area contributed by atoms with E-state index in [1.165, 1.54) is 0 Å². The molecule has 1 aliphatic heterocycles. The second-order valence-corrected chi connectivity index (χ2v) is 6.87. The fourth-order valence-corrected chi connectivity index (χ4v) is 3.13. The van der Waals surface area contributed by atoms with Gasteiger partial charge in [-0.1, -0.05) is 11.8 Å². The first-order valence-electron chi connectivity index (χ1n) is 5.37. The van der Waals surface area contributed by atoms with Crippen LogP contribution in [-0.4, -0.2) is 71.8 Å². The Bertz CT molecular complexity index is 526. The number of sulfone groups is 1. The highest BCUT2D eigenvalue weighted by molar-refractivity contribution is 8.14. The monoisotopic (exact) mass is 324 g/mol. The number of nitrogens with one attached hydrogen (secondary N) is 1. The minimum Gasteiger partial charge on any atom is -0.480 e. The largest absolute Gasteiger partial charge is 0.480 e. The number of carbonyl (C=O) groups is 4. The number of imide groups is 1. The first-order valence-corrected chi connectivity index (χ1v) is 8.18. The van der Waals surface area contributed by atoms with E-state index < -0.39 is 38.5 Å². The molecule has 1 heterocycles. The Morgan fingerprint density at radius 1 is 1.30 bits per heavy atom. The van der Waals surface area contributed by atoms with E-state index in [0.717, 1.165) is 16.7 Å². The van der Waals surface area contributed by atoms with E-state index in [2.05, 4.69) is 5.32 Å². The molecule has 1 aliphatic rings. The third kappa shape index (κ3) is 5.17. The molecule has 3 amide bonds. The SMILES string of the molecule is O=C(O)CS(=O)(=O)CC(=O)NCCN1C(=O)CSC1=O. The lowest BCUT2D eigenvalue weighted by Gasteiger charge is -2.12. The summed E-state index contributed by atoms with van der Waals surface area (Å²) in [5.74, 6) is -4.80.